The van der Waals surface area contributed by atoms with E-state index in [1.54, 1.807) is 18.8 Å². The van der Waals surface area contributed by atoms with Gasteiger partial charge in [-0.1, -0.05) is 18.7 Å². The van der Waals surface area contributed by atoms with Crippen molar-refractivity contribution in [2.75, 3.05) is 12.8 Å². The molecule has 0 heterocycles. The van der Waals surface area contributed by atoms with Gasteiger partial charge in [-0.15, -0.1) is 0 Å². The van der Waals surface area contributed by atoms with Gasteiger partial charge in [0.05, 0.1) is 0 Å². The Kier molecular flexibility index (Phi) is 5.99. The number of nitrogens with zero attached hydrogens (tertiary/aromatic N) is 2. The highest BCUT2D eigenvalue weighted by atomic mass is 32.2. The third-order valence-corrected chi connectivity index (χ3v) is 1.98. The largest absolute Gasteiger partial charge is 0.272 e. The van der Waals surface area contributed by atoms with Gasteiger partial charge in [0.25, 0.3) is 0 Å². The predicted octanol–water partition coefficient (Wildman–Crippen LogP) is 1.19. The normalized spacial score (nSPS) is 10.7. The molecule has 0 saturated heterocycles. The Morgan fingerprint density at radius 1 is 1.80 bits per heavy atom. The maximum absolute atomic E-state index is 8.21. The molecule has 0 fully saturated rings. The van der Waals surface area contributed by atoms with Gasteiger partial charge < -0.3 is 0 Å². The van der Waals surface area contributed by atoms with Crippen LogP contribution < -0.4 is 5.32 Å². The maximum atomic E-state index is 8.21. The molecule has 0 atom stereocenters. The fourth-order valence-corrected chi connectivity index (χ4v) is 1.05. The van der Waals surface area contributed by atoms with Crippen LogP contribution in [0.1, 0.15) is 13.3 Å². The van der Waals surface area contributed by atoms with E-state index in [1.165, 1.54) is 0 Å². The lowest BCUT2D eigenvalue weighted by Gasteiger charge is -1.98. The molecule has 56 valence electrons. The Morgan fingerprint density at radius 3 is 2.90 bits per heavy atom. The molecule has 0 bridgehead atoms. The number of nitrogens with one attached hydrogen (secondary N) is 1. The number of aliphatic imine (C=N–C) groups is 1. The first-order valence-corrected chi connectivity index (χ1v) is 4.08. The molecule has 0 aromatic rings. The standard InChI is InChI=1S/C6H11N3S/c1-3-4-10-6(8-2)9-5-7/h3-4H2,1-2H3,(H,8,9). The van der Waals surface area contributed by atoms with Crippen LogP contribution in [-0.4, -0.2) is 18.0 Å². The van der Waals surface area contributed by atoms with Crippen molar-refractivity contribution in [3.8, 4) is 6.19 Å². The Hall–Kier alpha value is -0.690. The molecule has 0 spiro atoms. The van der Waals surface area contributed by atoms with Crippen LogP contribution in [0, 0.1) is 11.5 Å². The molecule has 4 heteroatoms. The second-order valence-electron chi connectivity index (χ2n) is 1.61. The summed E-state index contributed by atoms with van der Waals surface area (Å²) < 4.78 is 0. The Labute approximate surface area is 65.5 Å². The van der Waals surface area contributed by atoms with E-state index >= 15 is 0 Å². The third-order valence-electron chi connectivity index (χ3n) is 0.809. The molecule has 0 aromatic heterocycles. The van der Waals surface area contributed by atoms with Gasteiger partial charge in [-0.05, 0) is 6.42 Å². The van der Waals surface area contributed by atoms with Crippen molar-refractivity contribution in [1.29, 1.82) is 5.26 Å². The second-order valence-corrected chi connectivity index (χ2v) is 2.70. The minimum Gasteiger partial charge on any atom is -0.272 e. The summed E-state index contributed by atoms with van der Waals surface area (Å²) in [6.07, 6.45) is 2.92. The number of amidine groups is 1. The molecule has 1 N–H and O–H groups in total. The van der Waals surface area contributed by atoms with Crippen LogP contribution in [0.4, 0.5) is 0 Å². The predicted molar refractivity (Wildman–Crippen MR) is 44.9 cm³/mol. The van der Waals surface area contributed by atoms with Crippen molar-refractivity contribution in [3.63, 3.8) is 0 Å². The molecule has 0 amide bonds. The van der Waals surface area contributed by atoms with Crippen molar-refractivity contribution in [2.24, 2.45) is 4.99 Å². The third kappa shape index (κ3) is 4.21. The van der Waals surface area contributed by atoms with Crippen molar-refractivity contribution in [3.05, 3.63) is 0 Å². The smallest absolute Gasteiger partial charge is 0.183 e. The summed E-state index contributed by atoms with van der Waals surface area (Å²) in [5, 5.41) is 11.4. The lowest BCUT2D eigenvalue weighted by Crippen LogP contribution is -2.13. The monoisotopic (exact) mass is 157 g/mol. The van der Waals surface area contributed by atoms with E-state index in [0.717, 1.165) is 12.2 Å². The van der Waals surface area contributed by atoms with Crippen LogP contribution >= 0.6 is 11.8 Å². The van der Waals surface area contributed by atoms with Crippen molar-refractivity contribution in [2.45, 2.75) is 13.3 Å². The van der Waals surface area contributed by atoms with E-state index in [0.29, 0.717) is 5.17 Å². The Balaban J connectivity index is 3.54. The summed E-state index contributed by atoms with van der Waals surface area (Å²) in [5.41, 5.74) is 0. The van der Waals surface area contributed by atoms with Crippen LogP contribution in [0.3, 0.4) is 0 Å². The van der Waals surface area contributed by atoms with Gasteiger partial charge in [0.15, 0.2) is 11.4 Å². The molecule has 0 rings (SSSR count). The number of thioether (sulfide) groups is 1. The van der Waals surface area contributed by atoms with Gasteiger partial charge in [0, 0.05) is 12.8 Å². The Bertz CT molecular complexity index is 148. The van der Waals surface area contributed by atoms with E-state index in [-0.39, 0.29) is 0 Å². The van der Waals surface area contributed by atoms with Gasteiger partial charge in [-0.2, -0.15) is 5.26 Å². The molecular weight excluding hydrogens is 146 g/mol. The first-order chi connectivity index (χ1) is 4.85. The second kappa shape index (κ2) is 6.43. The van der Waals surface area contributed by atoms with Crippen LogP contribution in [0.5, 0.6) is 0 Å². The highest BCUT2D eigenvalue weighted by Crippen LogP contribution is 2.02. The highest BCUT2D eigenvalue weighted by Gasteiger charge is 1.93. The molecule has 0 aliphatic carbocycles. The molecule has 3 nitrogen and oxygen atoms in total. The molecule has 0 aliphatic heterocycles. The SMILES string of the molecule is CCCSC(=NC)NC#N. The van der Waals surface area contributed by atoms with E-state index in [4.69, 9.17) is 5.26 Å². The number of hydrogen-bond donors (Lipinski definition) is 1. The van der Waals surface area contributed by atoms with E-state index in [2.05, 4.69) is 17.2 Å². The zero-order valence-electron chi connectivity index (χ0n) is 6.22. The van der Waals surface area contributed by atoms with Gasteiger partial charge in [0.1, 0.15) is 0 Å². The summed E-state index contributed by atoms with van der Waals surface area (Å²) >= 11 is 1.56. The van der Waals surface area contributed by atoms with Gasteiger partial charge in [-0.3, -0.25) is 10.3 Å². The van der Waals surface area contributed by atoms with Crippen LogP contribution in [0.15, 0.2) is 4.99 Å². The van der Waals surface area contributed by atoms with E-state index in [9.17, 15) is 0 Å². The summed E-state index contributed by atoms with van der Waals surface area (Å²) in [6.45, 7) is 2.09. The Morgan fingerprint density at radius 2 is 2.50 bits per heavy atom. The number of nitriles is 1. The van der Waals surface area contributed by atoms with Crippen LogP contribution in [-0.2, 0) is 0 Å². The topological polar surface area (TPSA) is 48.2 Å². The van der Waals surface area contributed by atoms with Crippen molar-refractivity contribution >= 4 is 16.9 Å². The lowest BCUT2D eigenvalue weighted by molar-refractivity contribution is 1.11. The first-order valence-electron chi connectivity index (χ1n) is 3.09. The minimum absolute atomic E-state index is 0.698. The zero-order valence-corrected chi connectivity index (χ0v) is 7.03. The van der Waals surface area contributed by atoms with Crippen LogP contribution in [0.2, 0.25) is 0 Å². The fourth-order valence-electron chi connectivity index (χ4n) is 0.403. The highest BCUT2D eigenvalue weighted by molar-refractivity contribution is 8.13. The average molecular weight is 157 g/mol. The molecule has 0 aliphatic rings. The zero-order chi connectivity index (χ0) is 7.82. The number of rotatable bonds is 2. The summed E-state index contributed by atoms with van der Waals surface area (Å²) in [6, 6.07) is 0. The van der Waals surface area contributed by atoms with Gasteiger partial charge >= 0.3 is 0 Å². The molecule has 0 unspecified atom stereocenters. The van der Waals surface area contributed by atoms with E-state index in [1.807, 2.05) is 6.19 Å². The van der Waals surface area contributed by atoms with Gasteiger partial charge in [0.2, 0.25) is 0 Å². The molecular formula is C6H11N3S. The van der Waals surface area contributed by atoms with Crippen molar-refractivity contribution < 1.29 is 0 Å². The van der Waals surface area contributed by atoms with Crippen molar-refractivity contribution in [1.82, 2.24) is 5.32 Å². The fraction of sp³-hybridized carbons (Fsp3) is 0.667. The summed E-state index contributed by atoms with van der Waals surface area (Å²) in [4.78, 5) is 3.86. The minimum atomic E-state index is 0.698. The molecule has 0 saturated carbocycles. The lowest BCUT2D eigenvalue weighted by atomic mass is 10.6. The molecule has 10 heavy (non-hydrogen) atoms. The summed E-state index contributed by atoms with van der Waals surface area (Å²) in [5.74, 6) is 1.00. The number of hydrogen-bond acceptors (Lipinski definition) is 3. The van der Waals surface area contributed by atoms with E-state index < -0.39 is 0 Å². The maximum Gasteiger partial charge on any atom is 0.183 e. The molecule has 0 radical (unpaired) electrons. The summed E-state index contributed by atoms with van der Waals surface area (Å²) in [7, 11) is 1.67. The first kappa shape index (κ1) is 9.31. The quantitative estimate of drug-likeness (QED) is 0.283. The van der Waals surface area contributed by atoms with Crippen LogP contribution in [0.25, 0.3) is 0 Å². The van der Waals surface area contributed by atoms with Gasteiger partial charge in [-0.25, -0.2) is 0 Å². The average Bonchev–Trinajstić information content (AvgIpc) is 1.98. The molecule has 0 aromatic carbocycles.